The summed E-state index contributed by atoms with van der Waals surface area (Å²) in [5, 5.41) is 9.91. The molecular weight excluding hydrogens is 313 g/mol. The van der Waals surface area contributed by atoms with Crippen LogP contribution in [0.2, 0.25) is 5.02 Å². The zero-order chi connectivity index (χ0) is 16.2. The monoisotopic (exact) mass is 323 g/mol. The lowest BCUT2D eigenvalue weighted by Gasteiger charge is -1.99. The summed E-state index contributed by atoms with van der Waals surface area (Å²) >= 11 is 5.96. The fourth-order valence-corrected chi connectivity index (χ4v) is 2.37. The van der Waals surface area contributed by atoms with Crippen molar-refractivity contribution in [3.05, 3.63) is 82.8 Å². The molecule has 2 nitrogen and oxygen atoms in total. The molecule has 112 valence electrons. The third kappa shape index (κ3) is 3.50. The molecule has 0 fully saturated rings. The van der Waals surface area contributed by atoms with Gasteiger partial charge in [0.1, 0.15) is 17.3 Å². The van der Waals surface area contributed by atoms with E-state index in [1.807, 2.05) is 6.07 Å². The largest absolute Gasteiger partial charge is 0.457 e. The number of hydrogen-bond acceptors (Lipinski definition) is 2. The Bertz CT molecular complexity index is 904. The molecule has 23 heavy (non-hydrogen) atoms. The van der Waals surface area contributed by atoms with E-state index in [4.69, 9.17) is 16.0 Å². The first-order valence-corrected chi connectivity index (χ1v) is 7.27. The summed E-state index contributed by atoms with van der Waals surface area (Å²) in [5.74, 6) is 0.855. The number of benzene rings is 2. The minimum Gasteiger partial charge on any atom is -0.457 e. The number of nitrogens with zero attached hydrogens (tertiary/aromatic N) is 1. The average Bonchev–Trinajstić information content (AvgIpc) is 3.02. The lowest BCUT2D eigenvalue weighted by atomic mass is 10.1. The van der Waals surface area contributed by atoms with Crippen molar-refractivity contribution in [1.82, 2.24) is 0 Å². The number of furan rings is 1. The van der Waals surface area contributed by atoms with Crippen molar-refractivity contribution in [3.63, 3.8) is 0 Å². The van der Waals surface area contributed by atoms with Crippen molar-refractivity contribution < 1.29 is 8.81 Å². The standard InChI is InChI=1S/C19H11ClFNO/c20-16-3-1-2-14(10-16)15(12-22)11-18-8-9-19(23-18)13-4-6-17(21)7-5-13/h1-11H. The van der Waals surface area contributed by atoms with E-state index >= 15 is 0 Å². The van der Waals surface area contributed by atoms with Gasteiger partial charge in [0.05, 0.1) is 11.6 Å². The van der Waals surface area contributed by atoms with Crippen LogP contribution >= 0.6 is 11.6 Å². The number of rotatable bonds is 3. The van der Waals surface area contributed by atoms with Crippen molar-refractivity contribution in [2.24, 2.45) is 0 Å². The minimum absolute atomic E-state index is 0.298. The van der Waals surface area contributed by atoms with E-state index < -0.39 is 0 Å². The van der Waals surface area contributed by atoms with E-state index in [1.54, 1.807) is 48.5 Å². The van der Waals surface area contributed by atoms with Crippen LogP contribution in [0.15, 0.2) is 65.1 Å². The molecular formula is C19H11ClFNO. The Morgan fingerprint density at radius 1 is 1.09 bits per heavy atom. The van der Waals surface area contributed by atoms with Crippen molar-refractivity contribution in [2.75, 3.05) is 0 Å². The summed E-state index contributed by atoms with van der Waals surface area (Å²) in [6, 6.07) is 18.8. The van der Waals surface area contributed by atoms with E-state index in [0.29, 0.717) is 22.1 Å². The first kappa shape index (κ1) is 15.1. The summed E-state index contributed by atoms with van der Waals surface area (Å²) in [4.78, 5) is 0. The van der Waals surface area contributed by atoms with Gasteiger partial charge < -0.3 is 4.42 Å². The van der Waals surface area contributed by atoms with Gasteiger partial charge in [0.15, 0.2) is 0 Å². The van der Waals surface area contributed by atoms with Gasteiger partial charge in [-0.25, -0.2) is 4.39 Å². The van der Waals surface area contributed by atoms with E-state index in [2.05, 4.69) is 6.07 Å². The molecule has 3 rings (SSSR count). The Balaban J connectivity index is 1.93. The van der Waals surface area contributed by atoms with Crippen LogP contribution in [0.3, 0.4) is 0 Å². The lowest BCUT2D eigenvalue weighted by molar-refractivity contribution is 0.571. The fraction of sp³-hybridized carbons (Fsp3) is 0. The van der Waals surface area contributed by atoms with Crippen molar-refractivity contribution in [1.29, 1.82) is 5.26 Å². The van der Waals surface area contributed by atoms with E-state index in [9.17, 15) is 9.65 Å². The summed E-state index contributed by atoms with van der Waals surface area (Å²) in [7, 11) is 0. The van der Waals surface area contributed by atoms with Crippen LogP contribution < -0.4 is 0 Å². The molecule has 0 amide bonds. The van der Waals surface area contributed by atoms with Gasteiger partial charge in [-0.2, -0.15) is 5.26 Å². The van der Waals surface area contributed by atoms with E-state index in [-0.39, 0.29) is 5.82 Å². The summed E-state index contributed by atoms with van der Waals surface area (Å²) in [6.45, 7) is 0. The van der Waals surface area contributed by atoms with Gasteiger partial charge in [0, 0.05) is 10.6 Å². The Morgan fingerprint density at radius 2 is 1.87 bits per heavy atom. The molecule has 0 bridgehead atoms. The Hall–Kier alpha value is -2.83. The highest BCUT2D eigenvalue weighted by atomic mass is 35.5. The predicted octanol–water partition coefficient (Wildman–Crippen LogP) is 5.80. The summed E-state index contributed by atoms with van der Waals surface area (Å²) in [6.07, 6.45) is 1.65. The van der Waals surface area contributed by atoms with Crippen LogP contribution in [0, 0.1) is 17.1 Å². The molecule has 0 aliphatic heterocycles. The summed E-state index contributed by atoms with van der Waals surface area (Å²) in [5.41, 5.74) is 1.94. The second-order valence-electron chi connectivity index (χ2n) is 4.89. The molecule has 1 heterocycles. The van der Waals surface area contributed by atoms with E-state index in [0.717, 1.165) is 11.1 Å². The van der Waals surface area contributed by atoms with Crippen LogP contribution in [0.25, 0.3) is 23.0 Å². The lowest BCUT2D eigenvalue weighted by Crippen LogP contribution is -1.81. The molecule has 0 saturated carbocycles. The van der Waals surface area contributed by atoms with Gasteiger partial charge in [-0.05, 0) is 60.2 Å². The van der Waals surface area contributed by atoms with Crippen molar-refractivity contribution >= 4 is 23.3 Å². The van der Waals surface area contributed by atoms with Gasteiger partial charge in [-0.3, -0.25) is 0 Å². The highest BCUT2D eigenvalue weighted by molar-refractivity contribution is 6.30. The van der Waals surface area contributed by atoms with Gasteiger partial charge >= 0.3 is 0 Å². The third-order valence-electron chi connectivity index (χ3n) is 3.30. The molecule has 0 aliphatic rings. The zero-order valence-corrected chi connectivity index (χ0v) is 12.7. The van der Waals surface area contributed by atoms with Crippen LogP contribution in [0.1, 0.15) is 11.3 Å². The van der Waals surface area contributed by atoms with Crippen LogP contribution in [0.5, 0.6) is 0 Å². The van der Waals surface area contributed by atoms with Crippen molar-refractivity contribution in [3.8, 4) is 17.4 Å². The van der Waals surface area contributed by atoms with Gasteiger partial charge in [0.25, 0.3) is 0 Å². The Kier molecular flexibility index (Phi) is 4.27. The molecule has 0 unspecified atom stereocenters. The first-order valence-electron chi connectivity index (χ1n) is 6.89. The predicted molar refractivity (Wildman–Crippen MR) is 89.0 cm³/mol. The zero-order valence-electron chi connectivity index (χ0n) is 12.0. The van der Waals surface area contributed by atoms with Crippen LogP contribution in [-0.2, 0) is 0 Å². The SMILES string of the molecule is N#CC(=Cc1ccc(-c2ccc(F)cc2)o1)c1cccc(Cl)c1. The molecule has 0 atom stereocenters. The van der Waals surface area contributed by atoms with Crippen LogP contribution in [-0.4, -0.2) is 0 Å². The molecule has 0 spiro atoms. The van der Waals surface area contributed by atoms with E-state index in [1.165, 1.54) is 12.1 Å². The Morgan fingerprint density at radius 3 is 2.57 bits per heavy atom. The second-order valence-corrected chi connectivity index (χ2v) is 5.33. The topological polar surface area (TPSA) is 36.9 Å². The smallest absolute Gasteiger partial charge is 0.134 e. The highest BCUT2D eigenvalue weighted by Crippen LogP contribution is 2.26. The molecule has 3 aromatic rings. The van der Waals surface area contributed by atoms with Crippen molar-refractivity contribution in [2.45, 2.75) is 0 Å². The van der Waals surface area contributed by atoms with Gasteiger partial charge in [0.2, 0.25) is 0 Å². The summed E-state index contributed by atoms with van der Waals surface area (Å²) < 4.78 is 18.7. The maximum atomic E-state index is 13.0. The molecule has 0 saturated heterocycles. The fourth-order valence-electron chi connectivity index (χ4n) is 2.18. The molecule has 1 aromatic heterocycles. The molecule has 2 aromatic carbocycles. The maximum absolute atomic E-state index is 13.0. The average molecular weight is 324 g/mol. The number of nitriles is 1. The number of hydrogen-bond donors (Lipinski definition) is 0. The Labute approximate surface area is 138 Å². The number of allylic oxidation sites excluding steroid dienone is 1. The van der Waals surface area contributed by atoms with Crippen LogP contribution in [0.4, 0.5) is 4.39 Å². The van der Waals surface area contributed by atoms with Gasteiger partial charge in [-0.1, -0.05) is 23.7 Å². The highest BCUT2D eigenvalue weighted by Gasteiger charge is 2.06. The molecule has 0 aliphatic carbocycles. The molecule has 0 N–H and O–H groups in total. The third-order valence-corrected chi connectivity index (χ3v) is 3.53. The number of halogens is 2. The first-order chi connectivity index (χ1) is 11.2. The quantitative estimate of drug-likeness (QED) is 0.571. The second kappa shape index (κ2) is 6.51. The maximum Gasteiger partial charge on any atom is 0.134 e. The van der Waals surface area contributed by atoms with Gasteiger partial charge in [-0.15, -0.1) is 0 Å². The molecule has 0 radical (unpaired) electrons. The molecule has 4 heteroatoms. The minimum atomic E-state index is -0.298. The normalized spacial score (nSPS) is 11.3.